The van der Waals surface area contributed by atoms with E-state index in [9.17, 15) is 0 Å². The Morgan fingerprint density at radius 1 is 1.00 bits per heavy atom. The van der Waals surface area contributed by atoms with Gasteiger partial charge in [0.1, 0.15) is 21.2 Å². The van der Waals surface area contributed by atoms with E-state index in [4.69, 9.17) is 0 Å². The van der Waals surface area contributed by atoms with Crippen LogP contribution in [0.1, 0.15) is 0 Å². The summed E-state index contributed by atoms with van der Waals surface area (Å²) in [6.45, 7) is 0. The first-order valence-corrected chi connectivity index (χ1v) is 9.09. The van der Waals surface area contributed by atoms with Gasteiger partial charge in [0, 0.05) is 10.9 Å². The fourth-order valence-corrected chi connectivity index (χ4v) is 4.38. The lowest BCUT2D eigenvalue weighted by Gasteiger charge is -2.04. The molecule has 25 heavy (non-hydrogen) atoms. The van der Waals surface area contributed by atoms with E-state index in [2.05, 4.69) is 48.1 Å². The molecule has 9 heteroatoms. The van der Waals surface area contributed by atoms with E-state index in [1.165, 1.54) is 16.4 Å². The average molecular weight is 363 g/mol. The number of hydrogen-bond acceptors (Lipinski definition) is 8. The molecule has 0 atom stereocenters. The van der Waals surface area contributed by atoms with Crippen LogP contribution in [0.5, 0.6) is 0 Å². The number of rotatable bonds is 3. The van der Waals surface area contributed by atoms with Crippen molar-refractivity contribution in [3.05, 3.63) is 54.2 Å². The molecule has 1 aromatic carbocycles. The SMILES string of the molecule is c1ccc(-c2csc3ncnc(Sc4ccc5nnnn5n4)c23)cc1. The highest BCUT2D eigenvalue weighted by molar-refractivity contribution is 7.99. The molecular weight excluding hydrogens is 354 g/mol. The number of fused-ring (bicyclic) bond motifs is 2. The summed E-state index contributed by atoms with van der Waals surface area (Å²) in [7, 11) is 0. The number of nitrogens with zero attached hydrogens (tertiary/aromatic N) is 7. The largest absolute Gasteiger partial charge is 0.229 e. The highest BCUT2D eigenvalue weighted by Gasteiger charge is 2.15. The van der Waals surface area contributed by atoms with Crippen LogP contribution in [0.15, 0.2) is 64.2 Å². The Morgan fingerprint density at radius 2 is 1.92 bits per heavy atom. The quantitative estimate of drug-likeness (QED) is 0.455. The molecule has 7 nitrogen and oxygen atoms in total. The van der Waals surface area contributed by atoms with Gasteiger partial charge in [-0.25, -0.2) is 9.97 Å². The third kappa shape index (κ3) is 2.53. The summed E-state index contributed by atoms with van der Waals surface area (Å²) in [5, 5.41) is 20.5. The number of thiophene rings is 1. The van der Waals surface area contributed by atoms with Crippen molar-refractivity contribution in [2.24, 2.45) is 0 Å². The molecule has 0 N–H and O–H groups in total. The predicted octanol–water partition coefficient (Wildman–Crippen LogP) is 3.34. The van der Waals surface area contributed by atoms with Crippen LogP contribution in [-0.2, 0) is 0 Å². The molecular formula is C16H9N7S2. The van der Waals surface area contributed by atoms with E-state index < -0.39 is 0 Å². The van der Waals surface area contributed by atoms with Crippen LogP contribution in [0.4, 0.5) is 0 Å². The molecule has 120 valence electrons. The van der Waals surface area contributed by atoms with Gasteiger partial charge in [-0.2, -0.15) is 0 Å². The second-order valence-electron chi connectivity index (χ2n) is 5.17. The van der Waals surface area contributed by atoms with Gasteiger partial charge in [0.25, 0.3) is 0 Å². The Balaban J connectivity index is 1.64. The van der Waals surface area contributed by atoms with Gasteiger partial charge >= 0.3 is 0 Å². The van der Waals surface area contributed by atoms with Gasteiger partial charge in [0.05, 0.1) is 5.39 Å². The van der Waals surface area contributed by atoms with Gasteiger partial charge in [0.15, 0.2) is 5.65 Å². The van der Waals surface area contributed by atoms with Gasteiger partial charge in [-0.3, -0.25) is 0 Å². The maximum atomic E-state index is 4.49. The van der Waals surface area contributed by atoms with Crippen LogP contribution >= 0.6 is 23.1 Å². The number of aromatic nitrogens is 7. The molecule has 0 unspecified atom stereocenters. The van der Waals surface area contributed by atoms with Crippen LogP contribution in [0.3, 0.4) is 0 Å². The summed E-state index contributed by atoms with van der Waals surface area (Å²) in [5.74, 6) is 0. The van der Waals surface area contributed by atoms with Crippen LogP contribution in [0.25, 0.3) is 27.0 Å². The highest BCUT2D eigenvalue weighted by Crippen LogP contribution is 2.39. The molecule has 0 radical (unpaired) electrons. The summed E-state index contributed by atoms with van der Waals surface area (Å²) in [6.07, 6.45) is 1.59. The second kappa shape index (κ2) is 5.87. The van der Waals surface area contributed by atoms with Crippen LogP contribution in [0.2, 0.25) is 0 Å². The van der Waals surface area contributed by atoms with Crippen molar-refractivity contribution in [3.8, 4) is 11.1 Å². The third-order valence-corrected chi connectivity index (χ3v) is 5.48. The van der Waals surface area contributed by atoms with E-state index in [1.807, 2.05) is 30.3 Å². The maximum Gasteiger partial charge on any atom is 0.200 e. The third-order valence-electron chi connectivity index (χ3n) is 3.67. The van der Waals surface area contributed by atoms with Crippen LogP contribution in [-0.4, -0.2) is 35.2 Å². The Labute approximate surface area is 149 Å². The van der Waals surface area contributed by atoms with Crippen LogP contribution < -0.4 is 0 Å². The monoisotopic (exact) mass is 363 g/mol. The first-order valence-electron chi connectivity index (χ1n) is 7.39. The van der Waals surface area contributed by atoms with Crippen molar-refractivity contribution in [2.75, 3.05) is 0 Å². The summed E-state index contributed by atoms with van der Waals surface area (Å²) in [6, 6.07) is 14.0. The normalized spacial score (nSPS) is 11.4. The Kier molecular flexibility index (Phi) is 3.39. The minimum absolute atomic E-state index is 0.609. The average Bonchev–Trinajstić information content (AvgIpc) is 3.29. The van der Waals surface area contributed by atoms with Gasteiger partial charge in [-0.05, 0) is 39.9 Å². The molecule has 4 heterocycles. The molecule has 0 aliphatic carbocycles. The topological polar surface area (TPSA) is 81.8 Å². The summed E-state index contributed by atoms with van der Waals surface area (Å²) < 4.78 is 1.41. The van der Waals surface area contributed by atoms with Crippen molar-refractivity contribution in [3.63, 3.8) is 0 Å². The van der Waals surface area contributed by atoms with Crippen molar-refractivity contribution in [2.45, 2.75) is 10.1 Å². The highest BCUT2D eigenvalue weighted by atomic mass is 32.2. The van der Waals surface area contributed by atoms with Gasteiger partial charge in [-0.1, -0.05) is 30.3 Å². The predicted molar refractivity (Wildman–Crippen MR) is 95.6 cm³/mol. The lowest BCUT2D eigenvalue weighted by molar-refractivity contribution is 0.702. The Bertz CT molecular complexity index is 1180. The molecule has 5 rings (SSSR count). The first-order chi connectivity index (χ1) is 12.4. The zero-order valence-corrected chi connectivity index (χ0v) is 14.3. The van der Waals surface area contributed by atoms with E-state index in [-0.39, 0.29) is 0 Å². The lowest BCUT2D eigenvalue weighted by atomic mass is 10.1. The zero-order chi connectivity index (χ0) is 16.6. The minimum atomic E-state index is 0.609. The molecule has 0 saturated heterocycles. The van der Waals surface area contributed by atoms with E-state index >= 15 is 0 Å². The number of benzene rings is 1. The Morgan fingerprint density at radius 3 is 2.84 bits per heavy atom. The van der Waals surface area contributed by atoms with Gasteiger partial charge in [0.2, 0.25) is 0 Å². The van der Waals surface area contributed by atoms with Crippen molar-refractivity contribution < 1.29 is 0 Å². The summed E-state index contributed by atoms with van der Waals surface area (Å²) in [5.41, 5.74) is 2.89. The molecule has 0 amide bonds. The van der Waals surface area contributed by atoms with Gasteiger partial charge < -0.3 is 0 Å². The lowest BCUT2D eigenvalue weighted by Crippen LogP contribution is -1.95. The number of hydrogen-bond donors (Lipinski definition) is 0. The van der Waals surface area contributed by atoms with Gasteiger partial charge in [-0.15, -0.1) is 26.2 Å². The molecule has 0 fully saturated rings. The fraction of sp³-hybridized carbons (Fsp3) is 0. The van der Waals surface area contributed by atoms with Crippen molar-refractivity contribution in [1.82, 2.24) is 35.2 Å². The minimum Gasteiger partial charge on any atom is -0.229 e. The standard InChI is InChI=1S/C16H9N7S2/c1-2-4-10(5-3-1)11-8-24-15-14(11)16(18-9-17-15)25-13-7-6-12-19-21-22-23(12)20-13/h1-9H. The van der Waals surface area contributed by atoms with Crippen molar-refractivity contribution >= 4 is 39.0 Å². The molecule has 5 aromatic rings. The molecule has 0 saturated carbocycles. The van der Waals surface area contributed by atoms with Crippen molar-refractivity contribution in [1.29, 1.82) is 0 Å². The first kappa shape index (κ1) is 14.4. The maximum absolute atomic E-state index is 4.49. The fourth-order valence-electron chi connectivity index (χ4n) is 2.54. The van der Waals surface area contributed by atoms with E-state index in [0.717, 1.165) is 31.4 Å². The zero-order valence-electron chi connectivity index (χ0n) is 12.6. The molecule has 0 bridgehead atoms. The summed E-state index contributed by atoms with van der Waals surface area (Å²) >= 11 is 3.09. The Hall–Kier alpha value is -2.91. The molecule has 0 spiro atoms. The molecule has 0 aliphatic rings. The smallest absolute Gasteiger partial charge is 0.200 e. The second-order valence-corrected chi connectivity index (χ2v) is 7.04. The summed E-state index contributed by atoms with van der Waals surface area (Å²) in [4.78, 5) is 9.85. The molecule has 4 aromatic heterocycles. The van der Waals surface area contributed by atoms with E-state index in [0.29, 0.717) is 5.65 Å². The van der Waals surface area contributed by atoms with Crippen LogP contribution in [0, 0.1) is 0 Å². The number of tetrazole rings is 1. The van der Waals surface area contributed by atoms with E-state index in [1.54, 1.807) is 17.7 Å². The molecule has 0 aliphatic heterocycles.